The van der Waals surface area contributed by atoms with E-state index in [4.69, 9.17) is 14.2 Å². The van der Waals surface area contributed by atoms with Crippen molar-refractivity contribution < 1.29 is 19.0 Å². The van der Waals surface area contributed by atoms with Gasteiger partial charge in [0.25, 0.3) is 0 Å². The van der Waals surface area contributed by atoms with Crippen LogP contribution in [0.25, 0.3) is 6.08 Å². The molecule has 4 heteroatoms. The topological polar surface area (TPSA) is 44.8 Å². The van der Waals surface area contributed by atoms with Gasteiger partial charge in [-0.25, -0.2) is 0 Å². The van der Waals surface area contributed by atoms with Crippen LogP contribution in [0.15, 0.2) is 48.5 Å². The fourth-order valence-corrected chi connectivity index (χ4v) is 2.61. The lowest BCUT2D eigenvalue weighted by Gasteiger charge is -2.14. The Labute approximate surface area is 168 Å². The van der Waals surface area contributed by atoms with Crippen molar-refractivity contribution in [2.75, 3.05) is 19.8 Å². The molecule has 2 aromatic carbocycles. The second-order valence-electron chi connectivity index (χ2n) is 6.41. The number of para-hydroxylation sites is 2. The number of hydrogen-bond acceptors (Lipinski definition) is 4. The van der Waals surface area contributed by atoms with Crippen molar-refractivity contribution in [1.82, 2.24) is 0 Å². The molecule has 0 N–H and O–H groups in total. The van der Waals surface area contributed by atoms with Crippen LogP contribution in [-0.2, 0) is 0 Å². The highest BCUT2D eigenvalue weighted by Gasteiger charge is 2.12. The molecule has 0 radical (unpaired) electrons. The summed E-state index contributed by atoms with van der Waals surface area (Å²) in [4.78, 5) is 12.7. The number of rotatable bonds is 12. The highest BCUT2D eigenvalue weighted by atomic mass is 16.5. The van der Waals surface area contributed by atoms with Gasteiger partial charge in [-0.15, -0.1) is 0 Å². The average molecular weight is 383 g/mol. The summed E-state index contributed by atoms with van der Waals surface area (Å²) in [7, 11) is 0. The summed E-state index contributed by atoms with van der Waals surface area (Å²) in [5.74, 6) is 1.89. The molecule has 150 valence electrons. The van der Waals surface area contributed by atoms with Crippen molar-refractivity contribution in [3.8, 4) is 17.2 Å². The molecule has 0 aliphatic heterocycles. The predicted molar refractivity (Wildman–Crippen MR) is 114 cm³/mol. The summed E-state index contributed by atoms with van der Waals surface area (Å²) in [5, 5.41) is 0. The Bertz CT molecular complexity index is 780. The second kappa shape index (κ2) is 11.9. The molecule has 0 aromatic heterocycles. The molecule has 2 rings (SSSR count). The molecule has 0 aliphatic rings. The van der Waals surface area contributed by atoms with E-state index in [0.717, 1.165) is 24.8 Å². The first kappa shape index (κ1) is 21.5. The smallest absolute Gasteiger partial charge is 0.189 e. The molecule has 28 heavy (non-hydrogen) atoms. The van der Waals surface area contributed by atoms with Crippen molar-refractivity contribution in [3.05, 3.63) is 59.7 Å². The van der Waals surface area contributed by atoms with Crippen molar-refractivity contribution in [2.24, 2.45) is 0 Å². The van der Waals surface area contributed by atoms with E-state index in [0.29, 0.717) is 42.6 Å². The molecule has 0 unspecified atom stereocenters. The zero-order valence-corrected chi connectivity index (χ0v) is 17.1. The van der Waals surface area contributed by atoms with Crippen LogP contribution in [0.2, 0.25) is 0 Å². The van der Waals surface area contributed by atoms with Gasteiger partial charge in [0.05, 0.1) is 25.4 Å². The lowest BCUT2D eigenvalue weighted by Crippen LogP contribution is -2.03. The van der Waals surface area contributed by atoms with Crippen LogP contribution in [0.3, 0.4) is 0 Å². The van der Waals surface area contributed by atoms with Gasteiger partial charge in [-0.05, 0) is 49.6 Å². The predicted octanol–water partition coefficient (Wildman–Crippen LogP) is 5.95. The van der Waals surface area contributed by atoms with Gasteiger partial charge in [0, 0.05) is 5.56 Å². The molecular formula is C24H30O4. The molecule has 0 heterocycles. The molecule has 0 fully saturated rings. The van der Waals surface area contributed by atoms with Crippen LogP contribution < -0.4 is 14.2 Å². The Hall–Kier alpha value is -2.75. The lowest BCUT2D eigenvalue weighted by molar-refractivity contribution is 0.104. The van der Waals surface area contributed by atoms with Crippen LogP contribution >= 0.6 is 0 Å². The first-order valence-corrected chi connectivity index (χ1v) is 10.0. The zero-order valence-electron chi connectivity index (χ0n) is 17.1. The molecule has 0 saturated heterocycles. The number of carbonyl (C=O) groups is 1. The zero-order chi connectivity index (χ0) is 20.2. The minimum atomic E-state index is -0.104. The maximum atomic E-state index is 12.7. The fourth-order valence-electron chi connectivity index (χ4n) is 2.61. The van der Waals surface area contributed by atoms with Gasteiger partial charge in [-0.1, -0.05) is 45.0 Å². The third-order valence-corrected chi connectivity index (χ3v) is 3.95. The maximum absolute atomic E-state index is 12.7. The van der Waals surface area contributed by atoms with E-state index < -0.39 is 0 Å². The van der Waals surface area contributed by atoms with E-state index in [-0.39, 0.29) is 5.78 Å². The maximum Gasteiger partial charge on any atom is 0.189 e. The first-order valence-electron chi connectivity index (χ1n) is 10.0. The minimum absolute atomic E-state index is 0.104. The Morgan fingerprint density at radius 3 is 2.11 bits per heavy atom. The van der Waals surface area contributed by atoms with Gasteiger partial charge in [0.2, 0.25) is 0 Å². The van der Waals surface area contributed by atoms with Crippen molar-refractivity contribution in [3.63, 3.8) is 0 Å². The summed E-state index contributed by atoms with van der Waals surface area (Å²) in [6.45, 7) is 7.95. The summed E-state index contributed by atoms with van der Waals surface area (Å²) >= 11 is 0. The fraction of sp³-hybridized carbons (Fsp3) is 0.375. The monoisotopic (exact) mass is 382 g/mol. The van der Waals surface area contributed by atoms with E-state index >= 15 is 0 Å². The first-order chi connectivity index (χ1) is 13.7. The molecule has 0 amide bonds. The molecule has 0 bridgehead atoms. The van der Waals surface area contributed by atoms with E-state index in [9.17, 15) is 4.79 Å². The Balaban J connectivity index is 2.26. The number of hydrogen-bond donors (Lipinski definition) is 0. The molecule has 0 aliphatic carbocycles. The highest BCUT2D eigenvalue weighted by molar-refractivity contribution is 6.08. The van der Waals surface area contributed by atoms with Crippen LogP contribution in [0.1, 0.15) is 56.0 Å². The van der Waals surface area contributed by atoms with Crippen molar-refractivity contribution in [2.45, 2.75) is 40.0 Å². The highest BCUT2D eigenvalue weighted by Crippen LogP contribution is 2.33. The summed E-state index contributed by atoms with van der Waals surface area (Å²) < 4.78 is 17.4. The number of allylic oxidation sites excluding steroid dienone is 1. The van der Waals surface area contributed by atoms with Crippen LogP contribution in [0.4, 0.5) is 0 Å². The number of ketones is 1. The van der Waals surface area contributed by atoms with E-state index in [2.05, 4.69) is 13.8 Å². The van der Waals surface area contributed by atoms with E-state index in [1.54, 1.807) is 18.2 Å². The number of benzene rings is 2. The van der Waals surface area contributed by atoms with E-state index in [1.807, 2.05) is 43.3 Å². The van der Waals surface area contributed by atoms with Crippen LogP contribution in [0.5, 0.6) is 17.2 Å². The summed E-state index contributed by atoms with van der Waals surface area (Å²) in [6, 6.07) is 13.1. The third kappa shape index (κ3) is 6.15. The van der Waals surface area contributed by atoms with Crippen LogP contribution in [0, 0.1) is 0 Å². The van der Waals surface area contributed by atoms with Gasteiger partial charge in [0.1, 0.15) is 5.75 Å². The minimum Gasteiger partial charge on any atom is -0.493 e. The lowest BCUT2D eigenvalue weighted by atomic mass is 10.1. The Morgan fingerprint density at radius 2 is 1.39 bits per heavy atom. The molecule has 0 atom stereocenters. The van der Waals surface area contributed by atoms with Gasteiger partial charge < -0.3 is 14.2 Å². The molecular weight excluding hydrogens is 352 g/mol. The molecule has 0 saturated carbocycles. The van der Waals surface area contributed by atoms with Gasteiger partial charge >= 0.3 is 0 Å². The average Bonchev–Trinajstić information content (AvgIpc) is 2.73. The van der Waals surface area contributed by atoms with E-state index in [1.165, 1.54) is 0 Å². The largest absolute Gasteiger partial charge is 0.493 e. The second-order valence-corrected chi connectivity index (χ2v) is 6.41. The standard InChI is InChI=1S/C24H30O4/c1-4-16-26-22-12-8-7-11-20(22)21(25)15-14-19-10-9-13-23(27-17-5-2)24(19)28-18-6-3/h7-15H,4-6,16-18H2,1-3H3/b15-14+. The van der Waals surface area contributed by atoms with Crippen molar-refractivity contribution >= 4 is 11.9 Å². The van der Waals surface area contributed by atoms with Gasteiger partial charge in [0.15, 0.2) is 17.3 Å². The molecule has 2 aromatic rings. The summed E-state index contributed by atoms with van der Waals surface area (Å²) in [5.41, 5.74) is 1.38. The summed E-state index contributed by atoms with van der Waals surface area (Å²) in [6.07, 6.45) is 6.04. The molecule has 4 nitrogen and oxygen atoms in total. The third-order valence-electron chi connectivity index (χ3n) is 3.95. The van der Waals surface area contributed by atoms with Crippen LogP contribution in [-0.4, -0.2) is 25.6 Å². The number of ether oxygens (including phenoxy) is 3. The normalized spacial score (nSPS) is 10.8. The Kier molecular flexibility index (Phi) is 9.13. The number of carbonyl (C=O) groups excluding carboxylic acids is 1. The SMILES string of the molecule is CCCOc1ccccc1C(=O)/C=C/c1cccc(OCCC)c1OCCC. The molecule has 0 spiro atoms. The van der Waals surface area contributed by atoms with Gasteiger partial charge in [-0.2, -0.15) is 0 Å². The quantitative estimate of drug-likeness (QED) is 0.336. The Morgan fingerprint density at radius 1 is 0.786 bits per heavy atom. The van der Waals surface area contributed by atoms with Crippen molar-refractivity contribution in [1.29, 1.82) is 0 Å². The van der Waals surface area contributed by atoms with Gasteiger partial charge in [-0.3, -0.25) is 4.79 Å².